The van der Waals surface area contributed by atoms with Crippen LogP contribution in [0.2, 0.25) is 0 Å². The number of hydrogen-bond acceptors (Lipinski definition) is 7. The lowest BCUT2D eigenvalue weighted by molar-refractivity contribution is -0.140. The van der Waals surface area contributed by atoms with Crippen LogP contribution in [-0.2, 0) is 26.2 Å². The van der Waals surface area contributed by atoms with Gasteiger partial charge in [-0.15, -0.1) is 0 Å². The van der Waals surface area contributed by atoms with E-state index in [2.05, 4.69) is 5.32 Å². The maximum absolute atomic E-state index is 14.2. The first-order chi connectivity index (χ1) is 21.6. The minimum absolute atomic E-state index is 0.0354. The molecule has 10 nitrogen and oxygen atoms in total. The molecular weight excluding hydrogens is 601 g/mol. The van der Waals surface area contributed by atoms with Crippen molar-refractivity contribution in [3.8, 4) is 17.2 Å². The lowest BCUT2D eigenvalue weighted by atomic mass is 10.1. The molecule has 0 spiro atoms. The molecule has 3 aromatic carbocycles. The third-order valence-corrected chi connectivity index (χ3v) is 8.91. The number of sulfonamides is 1. The number of unbranched alkanes of at least 4 members (excludes halogenated alkanes) is 1. The molecule has 1 atom stereocenters. The molecule has 244 valence electrons. The van der Waals surface area contributed by atoms with Gasteiger partial charge in [-0.25, -0.2) is 12.8 Å². The van der Waals surface area contributed by atoms with Gasteiger partial charge in [0.2, 0.25) is 11.8 Å². The van der Waals surface area contributed by atoms with Crippen LogP contribution >= 0.6 is 0 Å². The Bertz CT molecular complexity index is 1520. The van der Waals surface area contributed by atoms with Crippen molar-refractivity contribution < 1.29 is 36.6 Å². The second-order valence-electron chi connectivity index (χ2n) is 10.2. The van der Waals surface area contributed by atoms with Crippen LogP contribution in [0.5, 0.6) is 17.2 Å². The molecule has 2 amide bonds. The second kappa shape index (κ2) is 16.7. The topological polar surface area (TPSA) is 114 Å². The molecule has 0 aliphatic rings. The SMILES string of the molecule is CCCCNC(=O)[C@H](CC)N(Cc1ccc(F)cc1)C(=O)CN(c1ccc(OCC)cc1)S(=O)(=O)c1ccc(OC)c(OC)c1. The van der Waals surface area contributed by atoms with Gasteiger partial charge in [-0.1, -0.05) is 32.4 Å². The standard InChI is InChI=1S/C33H42FN3O7S/c1-6-9-20-35-33(39)29(7-2)36(22-24-10-12-25(34)13-11-24)32(38)23-37(26-14-16-27(17-15-26)44-8-3)45(40,41)28-18-19-30(42-4)31(21-28)43-5/h10-19,21,29H,6-9,20,22-23H2,1-5H3,(H,35,39)/t29-/m0/s1. The van der Waals surface area contributed by atoms with Gasteiger partial charge in [0.15, 0.2) is 11.5 Å². The summed E-state index contributed by atoms with van der Waals surface area (Å²) in [6.07, 6.45) is 1.92. The monoisotopic (exact) mass is 643 g/mol. The van der Waals surface area contributed by atoms with E-state index in [1.165, 1.54) is 61.6 Å². The Morgan fingerprint density at radius 2 is 1.58 bits per heavy atom. The van der Waals surface area contributed by atoms with Crippen LogP contribution in [0.4, 0.5) is 10.1 Å². The van der Waals surface area contributed by atoms with Crippen molar-refractivity contribution in [3.63, 3.8) is 0 Å². The van der Waals surface area contributed by atoms with Gasteiger partial charge >= 0.3 is 0 Å². The number of benzene rings is 3. The highest BCUT2D eigenvalue weighted by Gasteiger charge is 2.34. The number of anilines is 1. The molecule has 1 N–H and O–H groups in total. The Balaban J connectivity index is 2.08. The summed E-state index contributed by atoms with van der Waals surface area (Å²) in [4.78, 5) is 28.7. The first kappa shape index (κ1) is 35.2. The van der Waals surface area contributed by atoms with E-state index in [0.29, 0.717) is 30.2 Å². The second-order valence-corrected chi connectivity index (χ2v) is 12.0. The normalized spacial score (nSPS) is 11.8. The minimum Gasteiger partial charge on any atom is -0.494 e. The quantitative estimate of drug-likeness (QED) is 0.202. The number of nitrogens with one attached hydrogen (secondary N) is 1. The Morgan fingerprint density at radius 3 is 2.16 bits per heavy atom. The Morgan fingerprint density at radius 1 is 0.911 bits per heavy atom. The van der Waals surface area contributed by atoms with E-state index < -0.39 is 34.3 Å². The summed E-state index contributed by atoms with van der Waals surface area (Å²) >= 11 is 0. The van der Waals surface area contributed by atoms with E-state index in [1.54, 1.807) is 31.2 Å². The predicted octanol–water partition coefficient (Wildman–Crippen LogP) is 5.16. The highest BCUT2D eigenvalue weighted by atomic mass is 32.2. The molecule has 0 bridgehead atoms. The molecule has 0 heterocycles. The molecule has 0 unspecified atom stereocenters. The van der Waals surface area contributed by atoms with Crippen molar-refractivity contribution in [1.29, 1.82) is 0 Å². The highest BCUT2D eigenvalue weighted by Crippen LogP contribution is 2.33. The average Bonchev–Trinajstić information content (AvgIpc) is 3.04. The van der Waals surface area contributed by atoms with Crippen molar-refractivity contribution >= 4 is 27.5 Å². The molecule has 45 heavy (non-hydrogen) atoms. The van der Waals surface area contributed by atoms with E-state index in [1.807, 2.05) is 13.8 Å². The molecule has 0 fully saturated rings. The Hall–Kier alpha value is -4.32. The molecule has 0 aromatic heterocycles. The number of hydrogen-bond donors (Lipinski definition) is 1. The first-order valence-corrected chi connectivity index (χ1v) is 16.3. The van der Waals surface area contributed by atoms with Gasteiger partial charge in [-0.2, -0.15) is 0 Å². The summed E-state index contributed by atoms with van der Waals surface area (Å²) in [5.41, 5.74) is 0.795. The van der Waals surface area contributed by atoms with Crippen LogP contribution in [0.1, 0.15) is 45.6 Å². The number of rotatable bonds is 17. The van der Waals surface area contributed by atoms with E-state index in [9.17, 15) is 22.4 Å². The van der Waals surface area contributed by atoms with Crippen LogP contribution in [0.3, 0.4) is 0 Å². The highest BCUT2D eigenvalue weighted by molar-refractivity contribution is 7.92. The lowest BCUT2D eigenvalue weighted by Crippen LogP contribution is -2.52. The smallest absolute Gasteiger partial charge is 0.264 e. The average molecular weight is 644 g/mol. The molecule has 0 aliphatic heterocycles. The fourth-order valence-electron chi connectivity index (χ4n) is 4.72. The van der Waals surface area contributed by atoms with E-state index in [0.717, 1.165) is 17.1 Å². The molecule has 0 saturated heterocycles. The summed E-state index contributed by atoms with van der Waals surface area (Å²) in [6.45, 7) is 5.82. The summed E-state index contributed by atoms with van der Waals surface area (Å²) in [5, 5.41) is 2.88. The summed E-state index contributed by atoms with van der Waals surface area (Å²) in [6, 6.07) is 15.2. The number of halogens is 1. The summed E-state index contributed by atoms with van der Waals surface area (Å²) in [7, 11) is -1.52. The van der Waals surface area contributed by atoms with Crippen molar-refractivity contribution in [1.82, 2.24) is 10.2 Å². The number of nitrogens with zero attached hydrogens (tertiary/aromatic N) is 2. The first-order valence-electron chi connectivity index (χ1n) is 14.9. The Kier molecular flexibility index (Phi) is 13.0. The van der Waals surface area contributed by atoms with Crippen molar-refractivity contribution in [3.05, 3.63) is 78.1 Å². The number of amides is 2. The van der Waals surface area contributed by atoms with Crippen molar-refractivity contribution in [2.24, 2.45) is 0 Å². The van der Waals surface area contributed by atoms with Crippen molar-refractivity contribution in [2.45, 2.75) is 57.5 Å². The maximum Gasteiger partial charge on any atom is 0.264 e. The number of carbonyl (C=O) groups is 2. The van der Waals surface area contributed by atoms with Crippen LogP contribution in [-0.4, -0.2) is 65.1 Å². The lowest BCUT2D eigenvalue weighted by Gasteiger charge is -2.33. The van der Waals surface area contributed by atoms with Crippen LogP contribution in [0.15, 0.2) is 71.6 Å². The fourth-order valence-corrected chi connectivity index (χ4v) is 6.15. The zero-order valence-electron chi connectivity index (χ0n) is 26.4. The van der Waals surface area contributed by atoms with Gasteiger partial charge in [0.25, 0.3) is 10.0 Å². The largest absolute Gasteiger partial charge is 0.494 e. The van der Waals surface area contributed by atoms with Crippen LogP contribution in [0, 0.1) is 5.82 Å². The molecule has 12 heteroatoms. The van der Waals surface area contributed by atoms with Gasteiger partial charge in [0, 0.05) is 19.2 Å². The molecule has 0 saturated carbocycles. The third kappa shape index (κ3) is 9.10. The molecule has 0 radical (unpaired) electrons. The molecule has 3 rings (SSSR count). The zero-order valence-corrected chi connectivity index (χ0v) is 27.2. The van der Waals surface area contributed by atoms with Crippen LogP contribution in [0.25, 0.3) is 0 Å². The predicted molar refractivity (Wildman–Crippen MR) is 171 cm³/mol. The van der Waals surface area contributed by atoms with Crippen molar-refractivity contribution in [2.75, 3.05) is 38.2 Å². The van der Waals surface area contributed by atoms with E-state index in [-0.39, 0.29) is 35.2 Å². The molecular formula is C33H42FN3O7S. The van der Waals surface area contributed by atoms with Gasteiger partial charge < -0.3 is 24.4 Å². The zero-order chi connectivity index (χ0) is 33.0. The van der Waals surface area contributed by atoms with E-state index in [4.69, 9.17) is 14.2 Å². The fraction of sp³-hybridized carbons (Fsp3) is 0.394. The third-order valence-electron chi connectivity index (χ3n) is 7.14. The van der Waals surface area contributed by atoms with Gasteiger partial charge in [-0.3, -0.25) is 13.9 Å². The number of ether oxygens (including phenoxy) is 3. The van der Waals surface area contributed by atoms with Gasteiger partial charge in [0.05, 0.1) is 31.4 Å². The Labute approximate surface area is 265 Å². The molecule has 3 aromatic rings. The minimum atomic E-state index is -4.35. The molecule has 0 aliphatic carbocycles. The van der Waals surface area contributed by atoms with E-state index >= 15 is 0 Å². The summed E-state index contributed by atoms with van der Waals surface area (Å²) < 4.78 is 59.3. The van der Waals surface area contributed by atoms with Crippen LogP contribution < -0.4 is 23.8 Å². The van der Waals surface area contributed by atoms with Gasteiger partial charge in [0.1, 0.15) is 24.2 Å². The summed E-state index contributed by atoms with van der Waals surface area (Å²) in [5.74, 6) is -0.339. The number of methoxy groups -OCH3 is 2. The van der Waals surface area contributed by atoms with Gasteiger partial charge in [-0.05, 0) is 73.9 Å². The number of carbonyl (C=O) groups excluding carboxylic acids is 2. The maximum atomic E-state index is 14.2.